The number of benzene rings is 1. The number of likely N-dealkylation sites (tertiary alicyclic amines) is 1. The maximum Gasteiger partial charge on any atom is 0.270 e. The lowest BCUT2D eigenvalue weighted by molar-refractivity contribution is 0.0899. The van der Waals surface area contributed by atoms with Crippen LogP contribution in [0.4, 0.5) is 0 Å². The second kappa shape index (κ2) is 8.29. The Balaban J connectivity index is 1.27. The van der Waals surface area contributed by atoms with Crippen LogP contribution in [-0.2, 0) is 4.74 Å². The molecule has 0 saturated carbocycles. The molecule has 1 atom stereocenters. The van der Waals surface area contributed by atoms with Gasteiger partial charge in [0, 0.05) is 43.2 Å². The van der Waals surface area contributed by atoms with Gasteiger partial charge in [0.15, 0.2) is 0 Å². The van der Waals surface area contributed by atoms with Crippen molar-refractivity contribution in [3.63, 3.8) is 0 Å². The lowest BCUT2D eigenvalue weighted by Gasteiger charge is -2.33. The van der Waals surface area contributed by atoms with Crippen molar-refractivity contribution in [3.05, 3.63) is 41.4 Å². The first-order chi connectivity index (χ1) is 12.8. The fourth-order valence-corrected chi connectivity index (χ4v) is 4.51. The molecule has 2 aromatic rings. The molecule has 1 aromatic carbocycles. The van der Waals surface area contributed by atoms with E-state index in [0.717, 1.165) is 56.3 Å². The number of piperidine rings is 1. The van der Waals surface area contributed by atoms with E-state index in [4.69, 9.17) is 4.74 Å². The summed E-state index contributed by atoms with van der Waals surface area (Å²) in [4.78, 5) is 19.5. The third kappa shape index (κ3) is 4.31. The number of rotatable bonds is 5. The fraction of sp³-hybridized carbons (Fsp3) is 0.500. The third-order valence-electron chi connectivity index (χ3n) is 5.22. The van der Waals surface area contributed by atoms with Crippen molar-refractivity contribution in [2.45, 2.75) is 25.3 Å². The number of carbonyl (C=O) groups is 1. The molecule has 138 valence electrons. The van der Waals surface area contributed by atoms with E-state index in [2.05, 4.69) is 15.2 Å². The van der Waals surface area contributed by atoms with Gasteiger partial charge in [-0.3, -0.25) is 4.79 Å². The molecular weight excluding hydrogens is 346 g/mol. The summed E-state index contributed by atoms with van der Waals surface area (Å²) in [5.74, 6) is 0.638. The average molecular weight is 372 g/mol. The van der Waals surface area contributed by atoms with Crippen molar-refractivity contribution in [1.29, 1.82) is 0 Å². The van der Waals surface area contributed by atoms with Gasteiger partial charge in [-0.1, -0.05) is 30.3 Å². The first-order valence-corrected chi connectivity index (χ1v) is 10.3. The Morgan fingerprint density at radius 1 is 1.23 bits per heavy atom. The molecule has 0 bridgehead atoms. The minimum Gasteiger partial charge on any atom is -0.381 e. The number of hydrogen-bond acceptors (Lipinski definition) is 5. The standard InChI is InChI=1S/C20H25N3O2S/c24-19(18-14-26-20(22-18)16-4-2-1-3-5-16)21-17-6-9-23(10-7-17)12-15-8-11-25-13-15/h1-5,14-15,17H,6-13H2,(H,21,24)/t15-/m0/s1. The van der Waals surface area contributed by atoms with Crippen LogP contribution >= 0.6 is 11.3 Å². The van der Waals surface area contributed by atoms with Crippen LogP contribution in [0.25, 0.3) is 10.6 Å². The van der Waals surface area contributed by atoms with Gasteiger partial charge in [-0.05, 0) is 25.2 Å². The lowest BCUT2D eigenvalue weighted by atomic mass is 10.0. The average Bonchev–Trinajstić information content (AvgIpc) is 3.36. The molecule has 0 aliphatic carbocycles. The van der Waals surface area contributed by atoms with E-state index < -0.39 is 0 Å². The number of ether oxygens (including phenoxy) is 1. The van der Waals surface area contributed by atoms with Gasteiger partial charge in [0.05, 0.1) is 6.61 Å². The summed E-state index contributed by atoms with van der Waals surface area (Å²) < 4.78 is 5.47. The number of thiazole rings is 1. The molecule has 5 nitrogen and oxygen atoms in total. The highest BCUT2D eigenvalue weighted by molar-refractivity contribution is 7.13. The van der Waals surface area contributed by atoms with Crippen LogP contribution in [0, 0.1) is 5.92 Å². The van der Waals surface area contributed by atoms with Crippen LogP contribution in [-0.4, -0.2) is 54.7 Å². The van der Waals surface area contributed by atoms with E-state index in [1.54, 1.807) is 0 Å². The summed E-state index contributed by atoms with van der Waals surface area (Å²) in [5.41, 5.74) is 1.58. The molecule has 26 heavy (non-hydrogen) atoms. The summed E-state index contributed by atoms with van der Waals surface area (Å²) in [5, 5.41) is 5.91. The van der Waals surface area contributed by atoms with Gasteiger partial charge in [-0.2, -0.15) is 0 Å². The van der Waals surface area contributed by atoms with Gasteiger partial charge in [0.25, 0.3) is 5.91 Å². The highest BCUT2D eigenvalue weighted by Gasteiger charge is 2.25. The number of nitrogens with one attached hydrogen (secondary N) is 1. The molecule has 4 rings (SSSR count). The number of nitrogens with zero attached hydrogens (tertiary/aromatic N) is 2. The Kier molecular flexibility index (Phi) is 5.62. The van der Waals surface area contributed by atoms with Gasteiger partial charge in [0.1, 0.15) is 10.7 Å². The summed E-state index contributed by atoms with van der Waals surface area (Å²) in [6.45, 7) is 5.05. The number of carbonyl (C=O) groups excluding carboxylic acids is 1. The Hall–Kier alpha value is -1.76. The molecule has 0 spiro atoms. The van der Waals surface area contributed by atoms with Crippen LogP contribution in [0.15, 0.2) is 35.7 Å². The van der Waals surface area contributed by atoms with Crippen molar-refractivity contribution < 1.29 is 9.53 Å². The maximum atomic E-state index is 12.5. The van der Waals surface area contributed by atoms with Gasteiger partial charge in [-0.15, -0.1) is 11.3 Å². The smallest absolute Gasteiger partial charge is 0.270 e. The number of aromatic nitrogens is 1. The predicted molar refractivity (Wildman–Crippen MR) is 103 cm³/mol. The van der Waals surface area contributed by atoms with Crippen LogP contribution in [0.5, 0.6) is 0 Å². The van der Waals surface area contributed by atoms with E-state index in [-0.39, 0.29) is 11.9 Å². The number of amides is 1. The SMILES string of the molecule is O=C(NC1CCN(C[C@@H]2CCOC2)CC1)c1csc(-c2ccccc2)n1. The van der Waals surface area contributed by atoms with Gasteiger partial charge < -0.3 is 15.0 Å². The molecule has 0 radical (unpaired) electrons. The van der Waals surface area contributed by atoms with Gasteiger partial charge in [-0.25, -0.2) is 4.98 Å². The van der Waals surface area contributed by atoms with Crippen molar-refractivity contribution in [2.24, 2.45) is 5.92 Å². The molecule has 2 saturated heterocycles. The van der Waals surface area contributed by atoms with Gasteiger partial charge >= 0.3 is 0 Å². The quantitative estimate of drug-likeness (QED) is 0.878. The van der Waals surface area contributed by atoms with E-state index in [1.165, 1.54) is 17.8 Å². The van der Waals surface area contributed by atoms with E-state index >= 15 is 0 Å². The maximum absolute atomic E-state index is 12.5. The Morgan fingerprint density at radius 3 is 2.77 bits per heavy atom. The zero-order chi connectivity index (χ0) is 17.8. The summed E-state index contributed by atoms with van der Waals surface area (Å²) in [7, 11) is 0. The van der Waals surface area contributed by atoms with Crippen molar-refractivity contribution in [1.82, 2.24) is 15.2 Å². The second-order valence-electron chi connectivity index (χ2n) is 7.18. The highest BCUT2D eigenvalue weighted by Crippen LogP contribution is 2.23. The molecule has 1 N–H and O–H groups in total. The summed E-state index contributed by atoms with van der Waals surface area (Å²) >= 11 is 1.52. The van der Waals surface area contributed by atoms with Crippen LogP contribution < -0.4 is 5.32 Å². The molecule has 2 aliphatic heterocycles. The number of hydrogen-bond donors (Lipinski definition) is 1. The normalized spacial score (nSPS) is 21.8. The fourth-order valence-electron chi connectivity index (χ4n) is 3.70. The van der Waals surface area contributed by atoms with Crippen LogP contribution in [0.1, 0.15) is 29.8 Å². The predicted octanol–water partition coefficient (Wildman–Crippen LogP) is 3.04. The van der Waals surface area contributed by atoms with Crippen molar-refractivity contribution in [2.75, 3.05) is 32.8 Å². The molecule has 1 amide bonds. The van der Waals surface area contributed by atoms with E-state index in [1.807, 2.05) is 35.7 Å². The summed E-state index contributed by atoms with van der Waals surface area (Å²) in [6.07, 6.45) is 3.20. The molecule has 1 aromatic heterocycles. The molecule has 6 heteroatoms. The largest absolute Gasteiger partial charge is 0.381 e. The first kappa shape index (κ1) is 17.6. The molecular formula is C20H25N3O2S. The minimum absolute atomic E-state index is 0.0499. The second-order valence-corrected chi connectivity index (χ2v) is 8.04. The topological polar surface area (TPSA) is 54.5 Å². The third-order valence-corrected chi connectivity index (χ3v) is 6.11. The van der Waals surface area contributed by atoms with Crippen molar-refractivity contribution in [3.8, 4) is 10.6 Å². The van der Waals surface area contributed by atoms with Crippen LogP contribution in [0.3, 0.4) is 0 Å². The van der Waals surface area contributed by atoms with Crippen molar-refractivity contribution >= 4 is 17.2 Å². The van der Waals surface area contributed by atoms with Gasteiger partial charge in [0.2, 0.25) is 0 Å². The monoisotopic (exact) mass is 371 g/mol. The molecule has 2 fully saturated rings. The Morgan fingerprint density at radius 2 is 2.04 bits per heavy atom. The minimum atomic E-state index is -0.0499. The first-order valence-electron chi connectivity index (χ1n) is 9.40. The lowest BCUT2D eigenvalue weighted by Crippen LogP contribution is -2.45. The molecule has 2 aliphatic rings. The van der Waals surface area contributed by atoms with E-state index in [0.29, 0.717) is 11.6 Å². The van der Waals surface area contributed by atoms with E-state index in [9.17, 15) is 4.79 Å². The highest BCUT2D eigenvalue weighted by atomic mass is 32.1. The summed E-state index contributed by atoms with van der Waals surface area (Å²) in [6, 6.07) is 10.2. The Bertz CT molecular complexity index is 720. The molecule has 3 heterocycles. The zero-order valence-corrected chi connectivity index (χ0v) is 15.7. The Labute approximate surface area is 158 Å². The molecule has 0 unspecified atom stereocenters. The van der Waals surface area contributed by atoms with Crippen LogP contribution in [0.2, 0.25) is 0 Å². The zero-order valence-electron chi connectivity index (χ0n) is 14.9.